The van der Waals surface area contributed by atoms with Crippen LogP contribution in [0.4, 0.5) is 0 Å². The van der Waals surface area contributed by atoms with E-state index in [9.17, 15) is 10.2 Å². The lowest BCUT2D eigenvalue weighted by Crippen LogP contribution is -2.08. The predicted molar refractivity (Wildman–Crippen MR) is 106 cm³/mol. The Balaban J connectivity index is 2.06. The number of phenols is 2. The van der Waals surface area contributed by atoms with Gasteiger partial charge in [0.2, 0.25) is 0 Å². The van der Waals surface area contributed by atoms with Crippen molar-refractivity contribution >= 4 is 0 Å². The van der Waals surface area contributed by atoms with Crippen LogP contribution in [-0.4, -0.2) is 10.2 Å². The fraction of sp³-hybridized carbons (Fsp3) is 0.565. The van der Waals surface area contributed by atoms with E-state index in [-0.39, 0.29) is 23.3 Å². The summed E-state index contributed by atoms with van der Waals surface area (Å²) in [7, 11) is 0. The molecule has 0 fully saturated rings. The molecule has 2 nitrogen and oxygen atoms in total. The first-order chi connectivity index (χ1) is 11.9. The zero-order chi connectivity index (χ0) is 18.4. The lowest BCUT2D eigenvalue weighted by atomic mass is 9.83. The van der Waals surface area contributed by atoms with Gasteiger partial charge in [-0.2, -0.15) is 0 Å². The summed E-state index contributed by atoms with van der Waals surface area (Å²) in [5.41, 5.74) is 4.09. The maximum Gasteiger partial charge on any atom is 0.123 e. The van der Waals surface area contributed by atoms with Crippen LogP contribution in [0.3, 0.4) is 0 Å². The average Bonchev–Trinajstić information content (AvgIpc) is 2.92. The van der Waals surface area contributed by atoms with Crippen molar-refractivity contribution in [3.05, 3.63) is 47.1 Å². The van der Waals surface area contributed by atoms with Gasteiger partial charge in [-0.3, -0.25) is 0 Å². The topological polar surface area (TPSA) is 40.5 Å². The van der Waals surface area contributed by atoms with Crippen LogP contribution < -0.4 is 0 Å². The third kappa shape index (κ3) is 5.14. The first-order valence-corrected chi connectivity index (χ1v) is 9.81. The number of aromatic hydroxyl groups is 2. The molecule has 2 heteroatoms. The molecule has 2 N–H and O–H groups in total. The molecule has 0 aliphatic heterocycles. The van der Waals surface area contributed by atoms with Gasteiger partial charge in [-0.05, 0) is 56.7 Å². The molecule has 0 saturated heterocycles. The summed E-state index contributed by atoms with van der Waals surface area (Å²) >= 11 is 0. The van der Waals surface area contributed by atoms with E-state index in [1.807, 2.05) is 19.1 Å². The summed E-state index contributed by atoms with van der Waals surface area (Å²) in [6.45, 7) is 10.5. The van der Waals surface area contributed by atoms with Crippen molar-refractivity contribution in [3.8, 4) is 11.5 Å². The molecule has 1 aliphatic carbocycles. The number of hydrogen-bond donors (Lipinski definition) is 2. The van der Waals surface area contributed by atoms with E-state index >= 15 is 0 Å². The highest BCUT2D eigenvalue weighted by Gasteiger charge is 2.31. The van der Waals surface area contributed by atoms with Gasteiger partial charge in [0.05, 0.1) is 0 Å². The molecule has 25 heavy (non-hydrogen) atoms. The fourth-order valence-electron chi connectivity index (χ4n) is 4.00. The minimum absolute atomic E-state index is 0.0283. The van der Waals surface area contributed by atoms with Crippen molar-refractivity contribution in [2.75, 3.05) is 0 Å². The highest BCUT2D eigenvalue weighted by atomic mass is 16.3. The summed E-state index contributed by atoms with van der Waals surface area (Å²) in [5.74, 6) is 0.744. The Morgan fingerprint density at radius 1 is 1.08 bits per heavy atom. The molecule has 1 aromatic rings. The molecule has 0 saturated carbocycles. The summed E-state index contributed by atoms with van der Waals surface area (Å²) < 4.78 is 0. The van der Waals surface area contributed by atoms with Gasteiger partial charge in [-0.1, -0.05) is 62.8 Å². The standard InChI is InChI=1S/C23H34O2/c1-5-6-7-8-9-10-11-18-14-21(24)23(22(25)15-18)20-13-17(4)12-19(20)16(2)3/h13-15,19-20,24-25H,2,5-12H2,1,3-4H3. The smallest absolute Gasteiger partial charge is 0.123 e. The van der Waals surface area contributed by atoms with Crippen LogP contribution in [0, 0.1) is 5.92 Å². The minimum Gasteiger partial charge on any atom is -0.507 e. The lowest BCUT2D eigenvalue weighted by molar-refractivity contribution is 0.422. The summed E-state index contributed by atoms with van der Waals surface area (Å²) in [4.78, 5) is 0. The lowest BCUT2D eigenvalue weighted by Gasteiger charge is -2.22. The van der Waals surface area contributed by atoms with Crippen molar-refractivity contribution in [2.45, 2.75) is 78.1 Å². The normalized spacial score (nSPS) is 19.9. The van der Waals surface area contributed by atoms with Crippen molar-refractivity contribution < 1.29 is 10.2 Å². The van der Waals surface area contributed by atoms with E-state index in [0.717, 1.165) is 30.4 Å². The van der Waals surface area contributed by atoms with Crippen molar-refractivity contribution in [1.29, 1.82) is 0 Å². The van der Waals surface area contributed by atoms with Gasteiger partial charge < -0.3 is 10.2 Å². The molecule has 0 spiro atoms. The molecule has 2 unspecified atom stereocenters. The van der Waals surface area contributed by atoms with E-state index in [1.165, 1.54) is 37.7 Å². The number of rotatable bonds is 9. The first-order valence-electron chi connectivity index (χ1n) is 9.81. The molecule has 0 aromatic heterocycles. The monoisotopic (exact) mass is 342 g/mol. The molecule has 0 heterocycles. The number of hydrogen-bond acceptors (Lipinski definition) is 2. The Morgan fingerprint density at radius 3 is 2.28 bits per heavy atom. The van der Waals surface area contributed by atoms with Gasteiger partial charge >= 0.3 is 0 Å². The van der Waals surface area contributed by atoms with Gasteiger partial charge in [0.1, 0.15) is 11.5 Å². The summed E-state index contributed by atoms with van der Waals surface area (Å²) in [5, 5.41) is 21.1. The van der Waals surface area contributed by atoms with Crippen LogP contribution in [-0.2, 0) is 6.42 Å². The second kappa shape index (κ2) is 9.12. The molecular weight excluding hydrogens is 308 g/mol. The Morgan fingerprint density at radius 2 is 1.68 bits per heavy atom. The van der Waals surface area contributed by atoms with Gasteiger partial charge in [0, 0.05) is 11.5 Å². The van der Waals surface area contributed by atoms with Crippen molar-refractivity contribution in [1.82, 2.24) is 0 Å². The predicted octanol–water partition coefficient (Wildman–Crippen LogP) is 6.63. The van der Waals surface area contributed by atoms with Crippen LogP contribution in [0.5, 0.6) is 11.5 Å². The second-order valence-corrected chi connectivity index (χ2v) is 7.76. The van der Waals surface area contributed by atoms with Crippen molar-refractivity contribution in [3.63, 3.8) is 0 Å². The molecule has 2 rings (SSSR count). The Labute approximate surface area is 153 Å². The van der Waals surface area contributed by atoms with Gasteiger partial charge in [-0.15, -0.1) is 0 Å². The molecule has 1 aliphatic rings. The molecule has 0 bridgehead atoms. The highest BCUT2D eigenvalue weighted by molar-refractivity contribution is 5.52. The first kappa shape index (κ1) is 19.6. The number of allylic oxidation sites excluding steroid dienone is 3. The highest BCUT2D eigenvalue weighted by Crippen LogP contribution is 2.47. The van der Waals surface area contributed by atoms with Gasteiger partial charge in [0.15, 0.2) is 0 Å². The number of unbranched alkanes of at least 4 members (excludes halogenated alkanes) is 5. The fourth-order valence-corrected chi connectivity index (χ4v) is 4.00. The number of aryl methyl sites for hydroxylation is 1. The Hall–Kier alpha value is -1.70. The van der Waals surface area contributed by atoms with Crippen LogP contribution in [0.1, 0.15) is 82.8 Å². The molecule has 0 radical (unpaired) electrons. The molecule has 2 atom stereocenters. The molecular formula is C23H34O2. The van der Waals surface area contributed by atoms with E-state index < -0.39 is 0 Å². The SMILES string of the molecule is C=C(C)C1CC(C)=CC1c1c(O)cc(CCCCCCCC)cc1O. The average molecular weight is 343 g/mol. The Kier molecular flexibility index (Phi) is 7.16. The third-order valence-corrected chi connectivity index (χ3v) is 5.42. The zero-order valence-electron chi connectivity index (χ0n) is 16.1. The minimum atomic E-state index is 0.0283. The van der Waals surface area contributed by atoms with Crippen LogP contribution in [0.2, 0.25) is 0 Å². The van der Waals surface area contributed by atoms with E-state index in [4.69, 9.17) is 0 Å². The van der Waals surface area contributed by atoms with E-state index in [1.54, 1.807) is 0 Å². The van der Waals surface area contributed by atoms with Crippen LogP contribution in [0.15, 0.2) is 35.9 Å². The van der Waals surface area contributed by atoms with Crippen molar-refractivity contribution in [2.24, 2.45) is 5.92 Å². The summed E-state index contributed by atoms with van der Waals surface area (Å²) in [6, 6.07) is 3.69. The number of benzene rings is 1. The Bertz CT molecular complexity index is 604. The number of phenolic OH excluding ortho intramolecular Hbond substituents is 2. The zero-order valence-corrected chi connectivity index (χ0v) is 16.1. The second-order valence-electron chi connectivity index (χ2n) is 7.76. The van der Waals surface area contributed by atoms with E-state index in [0.29, 0.717) is 5.56 Å². The van der Waals surface area contributed by atoms with Gasteiger partial charge in [-0.25, -0.2) is 0 Å². The van der Waals surface area contributed by atoms with Gasteiger partial charge in [0.25, 0.3) is 0 Å². The maximum absolute atomic E-state index is 10.6. The molecule has 1 aromatic carbocycles. The third-order valence-electron chi connectivity index (χ3n) is 5.42. The van der Waals surface area contributed by atoms with E-state index in [2.05, 4.69) is 26.5 Å². The summed E-state index contributed by atoms with van der Waals surface area (Å²) in [6.07, 6.45) is 11.5. The molecule has 138 valence electrons. The molecule has 0 amide bonds. The quantitative estimate of drug-likeness (QED) is 0.391. The maximum atomic E-state index is 10.6. The largest absolute Gasteiger partial charge is 0.507 e. The van der Waals surface area contributed by atoms with Crippen LogP contribution >= 0.6 is 0 Å². The van der Waals surface area contributed by atoms with Crippen LogP contribution in [0.25, 0.3) is 0 Å².